The summed E-state index contributed by atoms with van der Waals surface area (Å²) in [7, 11) is 1.63. The van der Waals surface area contributed by atoms with Gasteiger partial charge in [-0.2, -0.15) is 0 Å². The molecule has 0 aliphatic carbocycles. The summed E-state index contributed by atoms with van der Waals surface area (Å²) in [6.45, 7) is 3.89. The van der Waals surface area contributed by atoms with Crippen LogP contribution in [0.1, 0.15) is 11.4 Å². The number of ether oxygens (including phenoxy) is 1. The van der Waals surface area contributed by atoms with Crippen LogP contribution in [0.5, 0.6) is 5.75 Å². The van der Waals surface area contributed by atoms with Gasteiger partial charge in [0.2, 0.25) is 0 Å². The Balaban J connectivity index is 2.16. The molecule has 2 heterocycles. The predicted molar refractivity (Wildman–Crippen MR) is 91.9 cm³/mol. The van der Waals surface area contributed by atoms with Gasteiger partial charge in [-0.15, -0.1) is 0 Å². The number of hydrogen-bond donors (Lipinski definition) is 0. The summed E-state index contributed by atoms with van der Waals surface area (Å²) in [6.07, 6.45) is 0. The molecule has 4 aromatic rings. The number of imidazole rings is 1. The van der Waals surface area contributed by atoms with E-state index in [2.05, 4.69) is 4.98 Å². The third-order valence-electron chi connectivity index (χ3n) is 4.19. The van der Waals surface area contributed by atoms with Crippen LogP contribution in [-0.2, 0) is 0 Å². The Bertz CT molecular complexity index is 1090. The average molecular weight is 321 g/mol. The first-order valence-electron chi connectivity index (χ1n) is 7.68. The topological polar surface area (TPSA) is 39.4 Å². The molecule has 0 bridgehead atoms. The highest BCUT2D eigenvalue weighted by Crippen LogP contribution is 2.30. The highest BCUT2D eigenvalue weighted by atomic mass is 19.1. The van der Waals surface area contributed by atoms with Crippen molar-refractivity contribution in [2.45, 2.75) is 13.8 Å². The second kappa shape index (κ2) is 5.30. The van der Waals surface area contributed by atoms with Gasteiger partial charge in [-0.25, -0.2) is 14.4 Å². The van der Waals surface area contributed by atoms with Crippen molar-refractivity contribution in [2.24, 2.45) is 0 Å². The van der Waals surface area contributed by atoms with Gasteiger partial charge in [0.05, 0.1) is 35.0 Å². The van der Waals surface area contributed by atoms with Crippen LogP contribution in [0.25, 0.3) is 27.9 Å². The molecule has 4 nitrogen and oxygen atoms in total. The molecule has 0 unspecified atom stereocenters. The van der Waals surface area contributed by atoms with Crippen LogP contribution in [0.2, 0.25) is 0 Å². The molecular formula is C19H16FN3O. The number of benzene rings is 2. The van der Waals surface area contributed by atoms with Crippen molar-refractivity contribution in [3.63, 3.8) is 0 Å². The summed E-state index contributed by atoms with van der Waals surface area (Å²) >= 11 is 0. The van der Waals surface area contributed by atoms with Crippen LogP contribution in [0.3, 0.4) is 0 Å². The molecule has 5 heteroatoms. The summed E-state index contributed by atoms with van der Waals surface area (Å²) in [5.74, 6) is 1.21. The Hall–Kier alpha value is -2.95. The molecular weight excluding hydrogens is 305 g/mol. The van der Waals surface area contributed by atoms with Crippen LogP contribution < -0.4 is 4.74 Å². The molecule has 0 saturated carbocycles. The smallest absolute Gasteiger partial charge is 0.145 e. The molecule has 0 amide bonds. The van der Waals surface area contributed by atoms with Crippen molar-refractivity contribution >= 4 is 16.6 Å². The zero-order chi connectivity index (χ0) is 16.8. The number of aryl methyl sites for hydroxylation is 2. The highest BCUT2D eigenvalue weighted by Gasteiger charge is 2.16. The zero-order valence-corrected chi connectivity index (χ0v) is 13.7. The molecule has 0 atom stereocenters. The summed E-state index contributed by atoms with van der Waals surface area (Å²) < 4.78 is 21.1. The lowest BCUT2D eigenvalue weighted by molar-refractivity contribution is 0.415. The minimum atomic E-state index is -0.294. The van der Waals surface area contributed by atoms with E-state index >= 15 is 0 Å². The SMILES string of the molecule is COc1cccc(-c2nc(C)c3c(C)nc4ccc(F)cc4n23)c1. The Morgan fingerprint density at radius 2 is 1.79 bits per heavy atom. The Kier molecular flexibility index (Phi) is 3.23. The lowest BCUT2D eigenvalue weighted by atomic mass is 10.2. The third-order valence-corrected chi connectivity index (χ3v) is 4.19. The van der Waals surface area contributed by atoms with Gasteiger partial charge in [0.15, 0.2) is 0 Å². The number of methoxy groups -OCH3 is 1. The number of aromatic nitrogens is 3. The van der Waals surface area contributed by atoms with Crippen molar-refractivity contribution in [2.75, 3.05) is 7.11 Å². The number of rotatable bonds is 2. The second-order valence-electron chi connectivity index (χ2n) is 5.77. The molecule has 0 N–H and O–H groups in total. The van der Waals surface area contributed by atoms with Crippen LogP contribution >= 0.6 is 0 Å². The first-order valence-corrected chi connectivity index (χ1v) is 7.68. The largest absolute Gasteiger partial charge is 0.497 e. The van der Waals surface area contributed by atoms with Gasteiger partial charge in [0.1, 0.15) is 17.4 Å². The van der Waals surface area contributed by atoms with E-state index in [4.69, 9.17) is 9.72 Å². The van der Waals surface area contributed by atoms with E-state index in [1.165, 1.54) is 12.1 Å². The lowest BCUT2D eigenvalue weighted by Gasteiger charge is -2.09. The van der Waals surface area contributed by atoms with E-state index in [-0.39, 0.29) is 5.82 Å². The summed E-state index contributed by atoms with van der Waals surface area (Å²) in [5, 5.41) is 0. The monoisotopic (exact) mass is 321 g/mol. The minimum absolute atomic E-state index is 0.294. The van der Waals surface area contributed by atoms with E-state index in [0.717, 1.165) is 39.6 Å². The van der Waals surface area contributed by atoms with Gasteiger partial charge in [-0.1, -0.05) is 12.1 Å². The van der Waals surface area contributed by atoms with Gasteiger partial charge in [0, 0.05) is 11.6 Å². The quantitative estimate of drug-likeness (QED) is 0.552. The van der Waals surface area contributed by atoms with Crippen molar-refractivity contribution in [3.8, 4) is 17.1 Å². The average Bonchev–Trinajstić information content (AvgIpc) is 2.94. The van der Waals surface area contributed by atoms with Crippen LogP contribution in [0, 0.1) is 19.7 Å². The summed E-state index contributed by atoms with van der Waals surface area (Å²) in [5.41, 5.74) is 4.99. The zero-order valence-electron chi connectivity index (χ0n) is 13.7. The highest BCUT2D eigenvalue weighted by molar-refractivity contribution is 5.83. The molecule has 0 spiro atoms. The molecule has 0 fully saturated rings. The van der Waals surface area contributed by atoms with Crippen LogP contribution in [-0.4, -0.2) is 21.5 Å². The van der Waals surface area contributed by atoms with Crippen LogP contribution in [0.15, 0.2) is 42.5 Å². The van der Waals surface area contributed by atoms with Crippen molar-refractivity contribution in [3.05, 3.63) is 59.7 Å². The summed E-state index contributed by atoms with van der Waals surface area (Å²) in [4.78, 5) is 9.32. The normalized spacial score (nSPS) is 11.3. The maximum Gasteiger partial charge on any atom is 0.145 e. The van der Waals surface area contributed by atoms with Crippen molar-refractivity contribution in [1.29, 1.82) is 0 Å². The van der Waals surface area contributed by atoms with Crippen molar-refractivity contribution < 1.29 is 9.13 Å². The first kappa shape index (κ1) is 14.6. The minimum Gasteiger partial charge on any atom is -0.497 e. The number of halogens is 1. The fraction of sp³-hybridized carbons (Fsp3) is 0.158. The van der Waals surface area contributed by atoms with Gasteiger partial charge in [-0.05, 0) is 38.1 Å². The molecule has 0 aliphatic heterocycles. The second-order valence-corrected chi connectivity index (χ2v) is 5.77. The number of nitrogens with zero attached hydrogens (tertiary/aromatic N) is 3. The maximum absolute atomic E-state index is 13.8. The van der Waals surface area contributed by atoms with Crippen molar-refractivity contribution in [1.82, 2.24) is 14.4 Å². The molecule has 0 aliphatic rings. The van der Waals surface area contributed by atoms with E-state index < -0.39 is 0 Å². The van der Waals surface area contributed by atoms with Gasteiger partial charge in [0.25, 0.3) is 0 Å². The van der Waals surface area contributed by atoms with Gasteiger partial charge in [-0.3, -0.25) is 4.40 Å². The summed E-state index contributed by atoms with van der Waals surface area (Å²) in [6, 6.07) is 12.3. The number of fused-ring (bicyclic) bond motifs is 3. The third kappa shape index (κ3) is 2.12. The molecule has 0 saturated heterocycles. The van der Waals surface area contributed by atoms with E-state index in [1.807, 2.05) is 42.5 Å². The lowest BCUT2D eigenvalue weighted by Crippen LogP contribution is -1.98. The molecule has 2 aromatic heterocycles. The molecule has 120 valence electrons. The predicted octanol–water partition coefficient (Wildman–Crippen LogP) is 4.31. The molecule has 2 aromatic carbocycles. The first-order chi connectivity index (χ1) is 11.6. The molecule has 0 radical (unpaired) electrons. The standard InChI is InChI=1S/C19H16FN3O/c1-11-18-12(2)22-19(13-5-4-6-15(9-13)24-3)23(18)17-10-14(20)7-8-16(17)21-11/h4-10H,1-3H3. The van der Waals surface area contributed by atoms with E-state index in [9.17, 15) is 4.39 Å². The molecule has 24 heavy (non-hydrogen) atoms. The maximum atomic E-state index is 13.8. The van der Waals surface area contributed by atoms with Gasteiger partial charge < -0.3 is 4.74 Å². The number of hydrogen-bond acceptors (Lipinski definition) is 3. The van der Waals surface area contributed by atoms with Gasteiger partial charge >= 0.3 is 0 Å². The molecule has 4 rings (SSSR count). The fourth-order valence-electron chi connectivity index (χ4n) is 3.15. The Labute approximate surface area is 138 Å². The van der Waals surface area contributed by atoms with E-state index in [0.29, 0.717) is 5.52 Å². The Morgan fingerprint density at radius 3 is 2.58 bits per heavy atom. The Morgan fingerprint density at radius 1 is 1.00 bits per heavy atom. The van der Waals surface area contributed by atoms with Crippen LogP contribution in [0.4, 0.5) is 4.39 Å². The van der Waals surface area contributed by atoms with E-state index in [1.54, 1.807) is 13.2 Å². The fourth-order valence-corrected chi connectivity index (χ4v) is 3.15.